The monoisotopic (exact) mass is 824 g/mol. The molecule has 6 nitrogen and oxygen atoms in total. The number of para-hydroxylation sites is 4. The predicted molar refractivity (Wildman–Crippen MR) is 261 cm³/mol. The highest BCUT2D eigenvalue weighted by atomic mass is 16.5. The molecule has 312 valence electrons. The van der Waals surface area contributed by atoms with E-state index >= 15 is 0 Å². The second-order valence-corrected chi connectivity index (χ2v) is 16.8. The van der Waals surface area contributed by atoms with Gasteiger partial charge in [-0.05, 0) is 76.2 Å². The van der Waals surface area contributed by atoms with Gasteiger partial charge >= 0.3 is 0 Å². The van der Waals surface area contributed by atoms with Crippen LogP contribution >= 0.6 is 0 Å². The molecule has 0 radical (unpaired) electrons. The number of aromatic nitrogens is 4. The molecule has 6 heteroatoms. The van der Waals surface area contributed by atoms with Crippen LogP contribution in [0, 0.1) is 0 Å². The number of hydrogen-bond donors (Lipinski definition) is 0. The Bertz CT molecular complexity index is 2950. The molecule has 0 saturated carbocycles. The molecule has 0 spiro atoms. The van der Waals surface area contributed by atoms with E-state index in [1.165, 1.54) is 77.0 Å². The van der Waals surface area contributed by atoms with Crippen molar-refractivity contribution < 1.29 is 9.47 Å². The fraction of sp³-hybridized carbons (Fsp3) is 0.158. The zero-order valence-corrected chi connectivity index (χ0v) is 36.5. The minimum atomic E-state index is -0.116. The predicted octanol–water partition coefficient (Wildman–Crippen LogP) is 12.7. The van der Waals surface area contributed by atoms with Gasteiger partial charge in [-0.3, -0.25) is 0 Å². The fourth-order valence-electron chi connectivity index (χ4n) is 10.1. The summed E-state index contributed by atoms with van der Waals surface area (Å²) in [5.74, 6) is 1.47. The number of aryl methyl sites for hydroxylation is 4. The molecule has 63 heavy (non-hydrogen) atoms. The molecule has 4 heterocycles. The van der Waals surface area contributed by atoms with Crippen molar-refractivity contribution in [1.29, 1.82) is 0 Å². The summed E-state index contributed by atoms with van der Waals surface area (Å²) in [6.07, 6.45) is 13.6. The smallest absolute Gasteiger partial charge is 0.123 e. The van der Waals surface area contributed by atoms with Gasteiger partial charge < -0.3 is 27.7 Å². The Morgan fingerprint density at radius 1 is 0.413 bits per heavy atom. The summed E-state index contributed by atoms with van der Waals surface area (Å²) >= 11 is 0. The van der Waals surface area contributed by atoms with Crippen molar-refractivity contribution in [3.63, 3.8) is 0 Å². The van der Waals surface area contributed by atoms with E-state index in [1.54, 1.807) is 0 Å². The Balaban J connectivity index is 1.16. The molecule has 0 N–H and O–H groups in total. The normalized spacial score (nSPS) is 11.8. The SMILES string of the molecule is C=CCOc1ccc(Cc2ccc(OCC=C)c(C(c3cn(C)c4ccccc34)c3cn(C)c4ccccc34)c2)cc1C(c1cn(C)c2ccccc12)c1cn(C)c2ccccc12. The lowest BCUT2D eigenvalue weighted by Gasteiger charge is -2.23. The summed E-state index contributed by atoms with van der Waals surface area (Å²) in [7, 11) is 8.56. The molecular weight excluding hydrogens is 773 g/mol. The van der Waals surface area contributed by atoms with E-state index in [0.29, 0.717) is 19.6 Å². The summed E-state index contributed by atoms with van der Waals surface area (Å²) in [4.78, 5) is 0. The second kappa shape index (κ2) is 16.4. The van der Waals surface area contributed by atoms with Gasteiger partial charge in [0.05, 0.1) is 0 Å². The van der Waals surface area contributed by atoms with Crippen molar-refractivity contribution in [2.75, 3.05) is 13.2 Å². The number of nitrogens with zero attached hydrogens (tertiary/aromatic N) is 4. The zero-order valence-electron chi connectivity index (χ0n) is 36.5. The maximum absolute atomic E-state index is 6.57. The fourth-order valence-corrected chi connectivity index (χ4v) is 10.1. The third kappa shape index (κ3) is 7.02. The van der Waals surface area contributed by atoms with Gasteiger partial charge in [0.15, 0.2) is 0 Å². The minimum absolute atomic E-state index is 0.116. The third-order valence-electron chi connectivity index (χ3n) is 12.8. The van der Waals surface area contributed by atoms with E-state index in [4.69, 9.17) is 9.47 Å². The Labute approximate surface area is 369 Å². The number of fused-ring (bicyclic) bond motifs is 4. The Morgan fingerprint density at radius 3 is 1.02 bits per heavy atom. The molecule has 10 rings (SSSR count). The van der Waals surface area contributed by atoms with Gasteiger partial charge in [0.1, 0.15) is 24.7 Å². The highest BCUT2D eigenvalue weighted by Gasteiger charge is 2.30. The molecule has 10 aromatic rings. The van der Waals surface area contributed by atoms with Crippen LogP contribution in [-0.2, 0) is 34.6 Å². The Hall–Kier alpha value is -7.44. The van der Waals surface area contributed by atoms with Crippen LogP contribution in [0.5, 0.6) is 11.5 Å². The van der Waals surface area contributed by atoms with E-state index in [2.05, 4.69) is 218 Å². The van der Waals surface area contributed by atoms with Gasteiger partial charge in [-0.25, -0.2) is 0 Å². The van der Waals surface area contributed by atoms with Crippen LogP contribution in [0.15, 0.2) is 184 Å². The summed E-state index contributed by atoms with van der Waals surface area (Å²) in [5.41, 5.74) is 14.4. The highest BCUT2D eigenvalue weighted by Crippen LogP contribution is 2.46. The molecule has 4 aromatic heterocycles. The maximum atomic E-state index is 6.57. The molecule has 0 aliphatic heterocycles. The summed E-state index contributed by atoms with van der Waals surface area (Å²) in [5, 5.41) is 4.91. The average molecular weight is 825 g/mol. The second-order valence-electron chi connectivity index (χ2n) is 16.8. The van der Waals surface area contributed by atoms with Gasteiger partial charge in [-0.2, -0.15) is 0 Å². The van der Waals surface area contributed by atoms with E-state index in [0.717, 1.165) is 22.6 Å². The van der Waals surface area contributed by atoms with E-state index < -0.39 is 0 Å². The molecule has 0 aliphatic rings. The quantitative estimate of drug-likeness (QED) is 0.102. The van der Waals surface area contributed by atoms with Crippen molar-refractivity contribution in [2.45, 2.75) is 18.3 Å². The number of benzene rings is 6. The molecule has 0 atom stereocenters. The van der Waals surface area contributed by atoms with Crippen LogP contribution in [0.4, 0.5) is 0 Å². The number of rotatable bonds is 14. The number of hydrogen-bond acceptors (Lipinski definition) is 2. The van der Waals surface area contributed by atoms with Crippen molar-refractivity contribution in [2.24, 2.45) is 28.2 Å². The summed E-state index contributed by atoms with van der Waals surface area (Å²) < 4.78 is 22.1. The molecule has 0 unspecified atom stereocenters. The van der Waals surface area contributed by atoms with Crippen LogP contribution in [0.2, 0.25) is 0 Å². The topological polar surface area (TPSA) is 38.2 Å². The van der Waals surface area contributed by atoms with Crippen LogP contribution in [0.25, 0.3) is 43.6 Å². The first-order valence-electron chi connectivity index (χ1n) is 21.7. The molecule has 0 amide bonds. The van der Waals surface area contributed by atoms with Crippen molar-refractivity contribution in [1.82, 2.24) is 18.3 Å². The minimum Gasteiger partial charge on any atom is -0.489 e. The Morgan fingerprint density at radius 2 is 0.714 bits per heavy atom. The van der Waals surface area contributed by atoms with Gasteiger partial charge in [-0.1, -0.05) is 122 Å². The summed E-state index contributed by atoms with van der Waals surface area (Å²) in [6.45, 7) is 8.82. The van der Waals surface area contributed by atoms with E-state index in [9.17, 15) is 0 Å². The van der Waals surface area contributed by atoms with E-state index in [-0.39, 0.29) is 11.8 Å². The van der Waals surface area contributed by atoms with Crippen LogP contribution in [-0.4, -0.2) is 31.5 Å². The first-order valence-corrected chi connectivity index (χ1v) is 21.7. The lowest BCUT2D eigenvalue weighted by atomic mass is 9.82. The highest BCUT2D eigenvalue weighted by molar-refractivity contribution is 5.91. The van der Waals surface area contributed by atoms with Crippen LogP contribution < -0.4 is 9.47 Å². The zero-order chi connectivity index (χ0) is 43.2. The van der Waals surface area contributed by atoms with E-state index in [1.807, 2.05) is 12.2 Å². The Kier molecular flexibility index (Phi) is 10.4. The average Bonchev–Trinajstić information content (AvgIpc) is 4.04. The van der Waals surface area contributed by atoms with Gasteiger partial charge in [-0.15, -0.1) is 0 Å². The summed E-state index contributed by atoms with van der Waals surface area (Å²) in [6, 6.07) is 48.3. The molecular formula is C57H52N4O2. The lowest BCUT2D eigenvalue weighted by Crippen LogP contribution is -2.09. The van der Waals surface area contributed by atoms with Gasteiger partial charge in [0, 0.05) is 120 Å². The first-order chi connectivity index (χ1) is 30.8. The van der Waals surface area contributed by atoms with Crippen molar-refractivity contribution in [3.05, 3.63) is 228 Å². The first kappa shape index (κ1) is 39.7. The maximum Gasteiger partial charge on any atom is 0.123 e. The molecule has 0 aliphatic carbocycles. The lowest BCUT2D eigenvalue weighted by molar-refractivity contribution is 0.358. The number of ether oxygens (including phenoxy) is 2. The largest absolute Gasteiger partial charge is 0.489 e. The molecule has 6 aromatic carbocycles. The molecule has 0 fully saturated rings. The van der Waals surface area contributed by atoms with Gasteiger partial charge in [0.25, 0.3) is 0 Å². The molecule has 0 bridgehead atoms. The standard InChI is InChI=1S/C57H52N4O2/c1-7-29-62-54-27-25-38(32-44(54)56(46-34-58(3)50-21-13-9-17-40(46)50)47-35-59(4)51-22-14-10-18-41(47)51)31-39-26-28-55(63-30-8-2)45(33-39)57(48-36-60(5)52-23-15-11-19-42(48)52)49-37-61(6)53-24-16-12-20-43(49)53/h7-28,32-37,56-57H,1-2,29-31H2,3-6H3. The van der Waals surface area contributed by atoms with Crippen molar-refractivity contribution >= 4 is 43.6 Å². The van der Waals surface area contributed by atoms with Crippen LogP contribution in [0.1, 0.15) is 56.3 Å². The molecule has 0 saturated heterocycles. The van der Waals surface area contributed by atoms with Crippen LogP contribution in [0.3, 0.4) is 0 Å². The van der Waals surface area contributed by atoms with Gasteiger partial charge in [0.2, 0.25) is 0 Å². The van der Waals surface area contributed by atoms with Crippen molar-refractivity contribution in [3.8, 4) is 11.5 Å². The third-order valence-corrected chi connectivity index (χ3v) is 12.8.